The van der Waals surface area contributed by atoms with Crippen LogP contribution in [-0.2, 0) is 10.5 Å². The number of carbonyl (C=O) groups is 1. The first-order valence-corrected chi connectivity index (χ1v) is 12.6. The Morgan fingerprint density at radius 1 is 1.15 bits per heavy atom. The third kappa shape index (κ3) is 4.36. The van der Waals surface area contributed by atoms with Gasteiger partial charge in [0.15, 0.2) is 0 Å². The molecule has 0 radical (unpaired) electrons. The van der Waals surface area contributed by atoms with Gasteiger partial charge in [-0.25, -0.2) is 9.07 Å². The fraction of sp³-hybridized carbons (Fsp3) is 0.160. The van der Waals surface area contributed by atoms with Crippen LogP contribution in [0.1, 0.15) is 29.0 Å². The molecular formula is C25H22FN5OS2. The second-order valence-corrected chi connectivity index (χ2v) is 9.82. The second kappa shape index (κ2) is 9.44. The van der Waals surface area contributed by atoms with Crippen LogP contribution in [0.3, 0.4) is 0 Å². The first-order valence-electron chi connectivity index (χ1n) is 10.7. The number of nitrogens with one attached hydrogen (secondary N) is 2. The van der Waals surface area contributed by atoms with Crippen molar-refractivity contribution in [1.29, 1.82) is 0 Å². The molecule has 34 heavy (non-hydrogen) atoms. The molecule has 1 aliphatic heterocycles. The van der Waals surface area contributed by atoms with Crippen molar-refractivity contribution in [2.75, 3.05) is 10.6 Å². The maximum Gasteiger partial charge on any atom is 0.255 e. The fourth-order valence-electron chi connectivity index (χ4n) is 3.86. The lowest BCUT2D eigenvalue weighted by Gasteiger charge is -2.27. The van der Waals surface area contributed by atoms with Gasteiger partial charge in [0.1, 0.15) is 11.9 Å². The quantitative estimate of drug-likeness (QED) is 0.323. The summed E-state index contributed by atoms with van der Waals surface area (Å²) < 4.78 is 15.8. The number of allylic oxidation sites excluding steroid dienone is 1. The molecule has 9 heteroatoms. The van der Waals surface area contributed by atoms with Crippen molar-refractivity contribution >= 4 is 40.6 Å². The minimum Gasteiger partial charge on any atom is -0.328 e. The van der Waals surface area contributed by atoms with E-state index in [1.807, 2.05) is 61.7 Å². The van der Waals surface area contributed by atoms with Crippen LogP contribution in [-0.4, -0.2) is 20.7 Å². The summed E-state index contributed by atoms with van der Waals surface area (Å²) >= 11 is 2.92. The molecule has 0 saturated heterocycles. The molecule has 0 saturated carbocycles. The molecule has 172 valence electrons. The molecule has 4 aromatic rings. The Balaban J connectivity index is 1.46. The Morgan fingerprint density at radius 3 is 2.71 bits per heavy atom. The maximum absolute atomic E-state index is 14.0. The monoisotopic (exact) mass is 491 g/mol. The van der Waals surface area contributed by atoms with Gasteiger partial charge in [-0.1, -0.05) is 54.2 Å². The number of aromatic nitrogens is 3. The molecule has 0 aliphatic carbocycles. The van der Waals surface area contributed by atoms with Gasteiger partial charge in [0.05, 0.1) is 5.57 Å². The topological polar surface area (TPSA) is 71.8 Å². The number of hydrogen-bond acceptors (Lipinski definition) is 6. The van der Waals surface area contributed by atoms with Crippen LogP contribution in [0.4, 0.5) is 16.0 Å². The Hall–Kier alpha value is -3.43. The number of carbonyl (C=O) groups excluding carboxylic acids is 1. The number of anilines is 2. The lowest BCUT2D eigenvalue weighted by Crippen LogP contribution is -2.31. The Kier molecular flexibility index (Phi) is 6.21. The van der Waals surface area contributed by atoms with Gasteiger partial charge < -0.3 is 10.6 Å². The molecule has 2 N–H and O–H groups in total. The van der Waals surface area contributed by atoms with E-state index in [1.54, 1.807) is 28.2 Å². The number of rotatable bonds is 6. The predicted octanol–water partition coefficient (Wildman–Crippen LogP) is 6.01. The molecule has 2 aromatic carbocycles. The zero-order chi connectivity index (χ0) is 23.7. The molecule has 3 heterocycles. The number of aryl methyl sites for hydroxylation is 1. The highest BCUT2D eigenvalue weighted by Crippen LogP contribution is 2.38. The van der Waals surface area contributed by atoms with Crippen molar-refractivity contribution < 1.29 is 9.18 Å². The van der Waals surface area contributed by atoms with E-state index in [2.05, 4.69) is 15.6 Å². The van der Waals surface area contributed by atoms with Crippen LogP contribution in [0.15, 0.2) is 82.5 Å². The van der Waals surface area contributed by atoms with Gasteiger partial charge in [-0.05, 0) is 48.6 Å². The smallest absolute Gasteiger partial charge is 0.255 e. The summed E-state index contributed by atoms with van der Waals surface area (Å²) in [4.78, 5) is 19.1. The van der Waals surface area contributed by atoms with Crippen LogP contribution in [0, 0.1) is 12.7 Å². The molecule has 2 aromatic heterocycles. The van der Waals surface area contributed by atoms with E-state index in [-0.39, 0.29) is 11.7 Å². The first kappa shape index (κ1) is 22.4. The summed E-state index contributed by atoms with van der Waals surface area (Å²) in [6.07, 6.45) is 0. The number of fused-ring (bicyclic) bond motifs is 1. The third-order valence-electron chi connectivity index (χ3n) is 5.60. The lowest BCUT2D eigenvalue weighted by molar-refractivity contribution is -0.113. The highest BCUT2D eigenvalue weighted by molar-refractivity contribution is 7.98. The van der Waals surface area contributed by atoms with Gasteiger partial charge in [0.2, 0.25) is 11.1 Å². The minimum absolute atomic E-state index is 0.195. The summed E-state index contributed by atoms with van der Waals surface area (Å²) in [6.45, 7) is 3.83. The number of nitrogens with zero attached hydrogens (tertiary/aromatic N) is 3. The molecule has 0 bridgehead atoms. The second-order valence-electron chi connectivity index (χ2n) is 7.89. The van der Waals surface area contributed by atoms with E-state index in [0.29, 0.717) is 28.0 Å². The van der Waals surface area contributed by atoms with E-state index in [4.69, 9.17) is 5.10 Å². The van der Waals surface area contributed by atoms with Crippen molar-refractivity contribution in [2.45, 2.75) is 30.8 Å². The number of benzene rings is 2. The van der Waals surface area contributed by atoms with Crippen molar-refractivity contribution in [2.24, 2.45) is 0 Å². The van der Waals surface area contributed by atoms with E-state index < -0.39 is 6.04 Å². The lowest BCUT2D eigenvalue weighted by atomic mass is 10.0. The van der Waals surface area contributed by atoms with Gasteiger partial charge in [-0.3, -0.25) is 4.79 Å². The first-order chi connectivity index (χ1) is 16.5. The molecule has 0 fully saturated rings. The van der Waals surface area contributed by atoms with Crippen LogP contribution in [0.2, 0.25) is 0 Å². The highest BCUT2D eigenvalue weighted by atomic mass is 32.2. The van der Waals surface area contributed by atoms with E-state index in [9.17, 15) is 9.18 Å². The number of amides is 1. The number of thiophene rings is 1. The molecule has 6 nitrogen and oxygen atoms in total. The Bertz CT molecular complexity index is 1380. The number of hydrogen-bond donors (Lipinski definition) is 2. The van der Waals surface area contributed by atoms with E-state index in [1.165, 1.54) is 17.8 Å². The van der Waals surface area contributed by atoms with Crippen LogP contribution < -0.4 is 10.6 Å². The van der Waals surface area contributed by atoms with Crippen LogP contribution in [0.5, 0.6) is 0 Å². The zero-order valence-electron chi connectivity index (χ0n) is 18.6. The number of para-hydroxylation sites is 1. The summed E-state index contributed by atoms with van der Waals surface area (Å²) in [5, 5.41) is 13.5. The zero-order valence-corrected chi connectivity index (χ0v) is 20.2. The van der Waals surface area contributed by atoms with Gasteiger partial charge in [-0.2, -0.15) is 4.98 Å². The molecule has 1 aliphatic rings. The van der Waals surface area contributed by atoms with Gasteiger partial charge >= 0.3 is 0 Å². The normalized spacial score (nSPS) is 15.1. The fourth-order valence-corrected chi connectivity index (χ4v) is 5.49. The number of thioether (sulfide) groups is 1. The third-order valence-corrected chi connectivity index (χ3v) is 7.41. The summed E-state index contributed by atoms with van der Waals surface area (Å²) in [6, 6.07) is 17.9. The predicted molar refractivity (Wildman–Crippen MR) is 135 cm³/mol. The van der Waals surface area contributed by atoms with Crippen molar-refractivity contribution in [1.82, 2.24) is 14.8 Å². The standard InChI is InChI=1S/C25H22FN5OS2/c1-15-8-3-6-11-19(15)28-23(32)21-16(2)27-24-29-25(34-14-17-9-4-5-10-18(17)26)30-31(24)22(21)20-12-7-13-33-20/h3-13,22H,14H2,1-2H3,(H,28,32)(H,27,29,30)/t22-/m0/s1. The highest BCUT2D eigenvalue weighted by Gasteiger charge is 2.35. The van der Waals surface area contributed by atoms with Gasteiger partial charge in [0.25, 0.3) is 5.91 Å². The van der Waals surface area contributed by atoms with Crippen molar-refractivity contribution in [3.8, 4) is 0 Å². The SMILES string of the molecule is CC1=C(C(=O)Nc2ccccc2C)[C@H](c2cccs2)n2nc(SCc3ccccc3F)nc2N1. The van der Waals surface area contributed by atoms with Crippen LogP contribution in [0.25, 0.3) is 0 Å². The summed E-state index contributed by atoms with van der Waals surface area (Å²) in [7, 11) is 0. The van der Waals surface area contributed by atoms with E-state index in [0.717, 1.165) is 21.8 Å². The van der Waals surface area contributed by atoms with Gasteiger partial charge in [0, 0.05) is 22.0 Å². The largest absolute Gasteiger partial charge is 0.328 e. The van der Waals surface area contributed by atoms with Crippen molar-refractivity contribution in [3.05, 3.63) is 99.1 Å². The maximum atomic E-state index is 14.0. The molecule has 1 atom stereocenters. The average Bonchev–Trinajstić information content (AvgIpc) is 3.49. The van der Waals surface area contributed by atoms with Gasteiger partial charge in [-0.15, -0.1) is 16.4 Å². The minimum atomic E-state index is -0.421. The molecule has 5 rings (SSSR count). The Morgan fingerprint density at radius 2 is 1.94 bits per heavy atom. The molecule has 1 amide bonds. The molecule has 0 unspecified atom stereocenters. The number of halogens is 1. The van der Waals surface area contributed by atoms with Crippen LogP contribution >= 0.6 is 23.1 Å². The average molecular weight is 492 g/mol. The molecule has 0 spiro atoms. The molecular weight excluding hydrogens is 469 g/mol. The van der Waals surface area contributed by atoms with Crippen molar-refractivity contribution in [3.63, 3.8) is 0 Å². The van der Waals surface area contributed by atoms with E-state index >= 15 is 0 Å². The summed E-state index contributed by atoms with van der Waals surface area (Å²) in [5.41, 5.74) is 3.64. The Labute approximate surface area is 204 Å². The summed E-state index contributed by atoms with van der Waals surface area (Å²) in [5.74, 6) is 0.521.